The molecule has 0 unspecified atom stereocenters. The normalized spacial score (nSPS) is 16.5. The lowest BCUT2D eigenvalue weighted by Crippen LogP contribution is -2.11. The van der Waals surface area contributed by atoms with E-state index < -0.39 is 0 Å². The zero-order valence-electron chi connectivity index (χ0n) is 9.51. The van der Waals surface area contributed by atoms with Gasteiger partial charge >= 0.3 is 0 Å². The minimum absolute atomic E-state index is 0.118. The molecule has 0 saturated heterocycles. The molecule has 1 aromatic carbocycles. The van der Waals surface area contributed by atoms with Crippen LogP contribution in [0, 0.1) is 0 Å². The Balaban J connectivity index is 2.27. The molecule has 2 heteroatoms. The van der Waals surface area contributed by atoms with Crippen LogP contribution in [0.15, 0.2) is 18.2 Å². The van der Waals surface area contributed by atoms with Crippen LogP contribution in [0.3, 0.4) is 0 Å². The van der Waals surface area contributed by atoms with Crippen LogP contribution < -0.4 is 4.74 Å². The van der Waals surface area contributed by atoms with Crippen molar-refractivity contribution in [3.05, 3.63) is 28.8 Å². The standard InChI is InChI=1S/C13H17ClO/c1-13(2,3)9-6-10(14)8-12(7-9)15-11-4-5-11/h6-8,11H,4-5H2,1-3H3. The summed E-state index contributed by atoms with van der Waals surface area (Å²) in [5.41, 5.74) is 1.35. The zero-order valence-corrected chi connectivity index (χ0v) is 10.3. The molecule has 82 valence electrons. The molecule has 0 aromatic heterocycles. The molecule has 1 aliphatic rings. The smallest absolute Gasteiger partial charge is 0.121 e. The van der Waals surface area contributed by atoms with E-state index in [0.717, 1.165) is 10.8 Å². The van der Waals surface area contributed by atoms with Gasteiger partial charge in [-0.25, -0.2) is 0 Å². The van der Waals surface area contributed by atoms with Crippen LogP contribution in [0.2, 0.25) is 5.02 Å². The van der Waals surface area contributed by atoms with Gasteiger partial charge in [0.05, 0.1) is 6.10 Å². The van der Waals surface area contributed by atoms with Gasteiger partial charge in [0.1, 0.15) is 5.75 Å². The van der Waals surface area contributed by atoms with E-state index in [0.29, 0.717) is 6.10 Å². The molecule has 1 aliphatic carbocycles. The van der Waals surface area contributed by atoms with Gasteiger partial charge in [-0.05, 0) is 42.0 Å². The minimum atomic E-state index is 0.118. The Labute approximate surface area is 96.4 Å². The second kappa shape index (κ2) is 3.71. The maximum absolute atomic E-state index is 6.08. The summed E-state index contributed by atoms with van der Waals surface area (Å²) in [5, 5.41) is 0.762. The monoisotopic (exact) mass is 224 g/mol. The summed E-state index contributed by atoms with van der Waals surface area (Å²) >= 11 is 6.08. The predicted octanol–water partition coefficient (Wildman–Crippen LogP) is 4.18. The average molecular weight is 225 g/mol. The average Bonchev–Trinajstić information content (AvgIpc) is 2.85. The number of halogens is 1. The second-order valence-corrected chi connectivity index (χ2v) is 5.68. The molecule has 1 saturated carbocycles. The summed E-state index contributed by atoms with van der Waals surface area (Å²) in [6.45, 7) is 6.54. The number of hydrogen-bond donors (Lipinski definition) is 0. The Hall–Kier alpha value is -0.690. The molecular weight excluding hydrogens is 208 g/mol. The number of hydrogen-bond acceptors (Lipinski definition) is 1. The van der Waals surface area contributed by atoms with E-state index in [1.165, 1.54) is 18.4 Å². The van der Waals surface area contributed by atoms with Crippen LogP contribution in [0.4, 0.5) is 0 Å². The van der Waals surface area contributed by atoms with Crippen LogP contribution in [0.25, 0.3) is 0 Å². The van der Waals surface area contributed by atoms with Gasteiger partial charge in [0.15, 0.2) is 0 Å². The fraction of sp³-hybridized carbons (Fsp3) is 0.538. The highest BCUT2D eigenvalue weighted by molar-refractivity contribution is 6.30. The summed E-state index contributed by atoms with van der Waals surface area (Å²) in [7, 11) is 0. The van der Waals surface area contributed by atoms with E-state index in [2.05, 4.69) is 26.8 Å². The molecule has 0 spiro atoms. The third-order valence-electron chi connectivity index (χ3n) is 2.56. The van der Waals surface area contributed by atoms with Gasteiger partial charge in [0.2, 0.25) is 0 Å². The van der Waals surface area contributed by atoms with Gasteiger partial charge in [-0.15, -0.1) is 0 Å². The lowest BCUT2D eigenvalue weighted by Gasteiger charge is -2.20. The van der Waals surface area contributed by atoms with Gasteiger partial charge in [0, 0.05) is 5.02 Å². The molecule has 1 aromatic rings. The number of benzene rings is 1. The fourth-order valence-electron chi connectivity index (χ4n) is 1.44. The minimum Gasteiger partial charge on any atom is -0.490 e. The van der Waals surface area contributed by atoms with E-state index in [-0.39, 0.29) is 5.41 Å². The Kier molecular flexibility index (Phi) is 2.68. The molecule has 0 atom stereocenters. The molecule has 0 amide bonds. The third kappa shape index (κ3) is 2.88. The maximum atomic E-state index is 6.08. The predicted molar refractivity (Wildman–Crippen MR) is 63.8 cm³/mol. The van der Waals surface area contributed by atoms with Crippen molar-refractivity contribution in [3.63, 3.8) is 0 Å². The number of ether oxygens (including phenoxy) is 1. The van der Waals surface area contributed by atoms with Crippen LogP contribution in [0.1, 0.15) is 39.2 Å². The molecular formula is C13H17ClO. The van der Waals surface area contributed by atoms with Gasteiger partial charge in [-0.3, -0.25) is 0 Å². The lowest BCUT2D eigenvalue weighted by molar-refractivity contribution is 0.302. The first-order valence-corrected chi connectivity index (χ1v) is 5.81. The van der Waals surface area contributed by atoms with Crippen molar-refractivity contribution in [2.75, 3.05) is 0 Å². The molecule has 15 heavy (non-hydrogen) atoms. The van der Waals surface area contributed by atoms with Gasteiger partial charge in [-0.2, -0.15) is 0 Å². The largest absolute Gasteiger partial charge is 0.490 e. The zero-order chi connectivity index (χ0) is 11.1. The number of rotatable bonds is 2. The SMILES string of the molecule is CC(C)(C)c1cc(Cl)cc(OC2CC2)c1. The summed E-state index contributed by atoms with van der Waals surface area (Å²) in [5.74, 6) is 0.912. The molecule has 0 aliphatic heterocycles. The Morgan fingerprint density at radius 2 is 1.87 bits per heavy atom. The Morgan fingerprint density at radius 3 is 2.40 bits per heavy atom. The summed E-state index contributed by atoms with van der Waals surface area (Å²) in [6, 6.07) is 6.01. The van der Waals surface area contributed by atoms with Crippen molar-refractivity contribution in [1.29, 1.82) is 0 Å². The topological polar surface area (TPSA) is 9.23 Å². The molecule has 0 radical (unpaired) electrons. The first kappa shape index (κ1) is 10.8. The third-order valence-corrected chi connectivity index (χ3v) is 2.78. The van der Waals surface area contributed by atoms with Crippen LogP contribution >= 0.6 is 11.6 Å². The highest BCUT2D eigenvalue weighted by atomic mass is 35.5. The molecule has 0 heterocycles. The van der Waals surface area contributed by atoms with Crippen LogP contribution in [-0.4, -0.2) is 6.10 Å². The van der Waals surface area contributed by atoms with Crippen molar-refractivity contribution in [2.24, 2.45) is 0 Å². The van der Waals surface area contributed by atoms with E-state index in [9.17, 15) is 0 Å². The summed E-state index contributed by atoms with van der Waals surface area (Å²) in [4.78, 5) is 0. The van der Waals surface area contributed by atoms with Crippen LogP contribution in [-0.2, 0) is 5.41 Å². The van der Waals surface area contributed by atoms with Crippen molar-refractivity contribution in [3.8, 4) is 5.75 Å². The van der Waals surface area contributed by atoms with Crippen molar-refractivity contribution in [2.45, 2.75) is 45.1 Å². The fourth-order valence-corrected chi connectivity index (χ4v) is 1.67. The molecule has 0 bridgehead atoms. The molecule has 1 nitrogen and oxygen atoms in total. The van der Waals surface area contributed by atoms with Crippen molar-refractivity contribution in [1.82, 2.24) is 0 Å². The quantitative estimate of drug-likeness (QED) is 0.733. The van der Waals surface area contributed by atoms with Gasteiger partial charge in [0.25, 0.3) is 0 Å². The first-order chi connectivity index (χ1) is 6.95. The van der Waals surface area contributed by atoms with Crippen LogP contribution in [0.5, 0.6) is 5.75 Å². The summed E-state index contributed by atoms with van der Waals surface area (Å²) in [6.07, 6.45) is 2.78. The van der Waals surface area contributed by atoms with Gasteiger partial charge in [-0.1, -0.05) is 32.4 Å². The molecule has 2 rings (SSSR count). The lowest BCUT2D eigenvalue weighted by atomic mass is 9.87. The first-order valence-electron chi connectivity index (χ1n) is 5.43. The van der Waals surface area contributed by atoms with Crippen molar-refractivity contribution >= 4 is 11.6 Å². The molecule has 1 fully saturated rings. The van der Waals surface area contributed by atoms with E-state index in [1.54, 1.807) is 0 Å². The summed E-state index contributed by atoms with van der Waals surface area (Å²) < 4.78 is 5.76. The molecule has 0 N–H and O–H groups in total. The Bertz CT molecular complexity index is 361. The Morgan fingerprint density at radius 1 is 1.20 bits per heavy atom. The maximum Gasteiger partial charge on any atom is 0.121 e. The van der Waals surface area contributed by atoms with E-state index >= 15 is 0 Å². The van der Waals surface area contributed by atoms with Crippen molar-refractivity contribution < 1.29 is 4.74 Å². The van der Waals surface area contributed by atoms with Gasteiger partial charge < -0.3 is 4.74 Å². The van der Waals surface area contributed by atoms with E-state index in [1.807, 2.05) is 12.1 Å². The second-order valence-electron chi connectivity index (χ2n) is 5.24. The highest BCUT2D eigenvalue weighted by Crippen LogP contribution is 2.33. The van der Waals surface area contributed by atoms with E-state index in [4.69, 9.17) is 16.3 Å². The highest BCUT2D eigenvalue weighted by Gasteiger charge is 2.24.